The van der Waals surface area contributed by atoms with Gasteiger partial charge in [-0.2, -0.15) is 0 Å². The number of rotatable bonds is 7. The first kappa shape index (κ1) is 21.9. The van der Waals surface area contributed by atoms with Crippen molar-refractivity contribution in [1.29, 1.82) is 0 Å². The van der Waals surface area contributed by atoms with E-state index in [0.717, 1.165) is 6.42 Å². The largest absolute Gasteiger partial charge is 0.355 e. The van der Waals surface area contributed by atoms with Crippen molar-refractivity contribution in [2.24, 2.45) is 5.41 Å². The van der Waals surface area contributed by atoms with E-state index in [1.807, 2.05) is 6.92 Å². The molecule has 0 radical (unpaired) electrons. The van der Waals surface area contributed by atoms with Gasteiger partial charge in [0.25, 0.3) is 5.56 Å². The third kappa shape index (κ3) is 4.72. The second kappa shape index (κ2) is 7.93. The fourth-order valence-electron chi connectivity index (χ4n) is 3.86. The summed E-state index contributed by atoms with van der Waals surface area (Å²) >= 11 is 0. The molecule has 156 valence electrons. The molecule has 0 saturated carbocycles. The number of nitrogens with zero attached hydrogens (tertiary/aromatic N) is 3. The minimum Gasteiger partial charge on any atom is -0.355 e. The highest BCUT2D eigenvalue weighted by Crippen LogP contribution is 2.35. The first-order valence-electron chi connectivity index (χ1n) is 9.85. The van der Waals surface area contributed by atoms with Crippen molar-refractivity contribution in [3.05, 3.63) is 26.7 Å². The monoisotopic (exact) mass is 391 g/mol. The van der Waals surface area contributed by atoms with Gasteiger partial charge < -0.3 is 10.3 Å². The van der Waals surface area contributed by atoms with Gasteiger partial charge in [-0.15, -0.1) is 0 Å². The Bertz CT molecular complexity index is 973. The number of imidazole rings is 1. The molecule has 0 aliphatic rings. The van der Waals surface area contributed by atoms with Gasteiger partial charge in [0.05, 0.1) is 0 Å². The number of hydrogen-bond donors (Lipinski definition) is 2. The lowest BCUT2D eigenvalue weighted by molar-refractivity contribution is -0.118. The quantitative estimate of drug-likeness (QED) is 0.755. The van der Waals surface area contributed by atoms with Gasteiger partial charge >= 0.3 is 5.69 Å². The summed E-state index contributed by atoms with van der Waals surface area (Å²) in [6.45, 7) is 14.9. The summed E-state index contributed by atoms with van der Waals surface area (Å²) in [6.07, 6.45) is 1.53. The van der Waals surface area contributed by atoms with Crippen molar-refractivity contribution in [2.75, 3.05) is 6.54 Å². The van der Waals surface area contributed by atoms with Crippen LogP contribution >= 0.6 is 0 Å². The van der Waals surface area contributed by atoms with Crippen LogP contribution in [0, 0.1) is 5.41 Å². The van der Waals surface area contributed by atoms with Crippen molar-refractivity contribution in [3.63, 3.8) is 0 Å². The van der Waals surface area contributed by atoms with Crippen molar-refractivity contribution in [2.45, 2.75) is 79.8 Å². The average Bonchev–Trinajstić information content (AvgIpc) is 2.98. The molecule has 2 aromatic rings. The van der Waals surface area contributed by atoms with Crippen LogP contribution in [0.4, 0.5) is 0 Å². The van der Waals surface area contributed by atoms with Gasteiger partial charge in [-0.25, -0.2) is 9.78 Å². The molecule has 0 bridgehead atoms. The van der Waals surface area contributed by atoms with E-state index < -0.39 is 5.69 Å². The normalized spacial score (nSPS) is 12.5. The molecular weight excluding hydrogens is 358 g/mol. The van der Waals surface area contributed by atoms with E-state index in [9.17, 15) is 14.4 Å². The van der Waals surface area contributed by atoms with Gasteiger partial charge in [-0.3, -0.25) is 18.7 Å². The number of carbonyl (C=O) groups excluding carboxylic acids is 1. The third-order valence-corrected chi connectivity index (χ3v) is 4.63. The van der Waals surface area contributed by atoms with Crippen LogP contribution in [0.1, 0.15) is 67.1 Å². The highest BCUT2D eigenvalue weighted by Gasteiger charge is 2.31. The second-order valence-corrected chi connectivity index (χ2v) is 9.28. The number of amides is 1. The molecule has 0 unspecified atom stereocenters. The lowest BCUT2D eigenvalue weighted by Crippen LogP contribution is -2.41. The molecule has 2 heterocycles. The van der Waals surface area contributed by atoms with Gasteiger partial charge in [-0.1, -0.05) is 41.5 Å². The zero-order valence-corrected chi connectivity index (χ0v) is 18.1. The molecule has 2 aromatic heterocycles. The molecule has 8 nitrogen and oxygen atoms in total. The topological polar surface area (TPSA) is 102 Å². The molecule has 0 aliphatic heterocycles. The molecule has 8 heteroatoms. The lowest BCUT2D eigenvalue weighted by atomic mass is 9.76. The Labute approximate surface area is 165 Å². The maximum absolute atomic E-state index is 12.9. The molecule has 2 rings (SSSR count). The smallest absolute Gasteiger partial charge is 0.332 e. The van der Waals surface area contributed by atoms with E-state index in [1.165, 1.54) is 16.1 Å². The van der Waals surface area contributed by atoms with Crippen molar-refractivity contribution in [1.82, 2.24) is 24.4 Å². The number of aromatic amines is 1. The van der Waals surface area contributed by atoms with Crippen LogP contribution in [0.2, 0.25) is 0 Å². The Balaban J connectivity index is 2.65. The Kier molecular flexibility index (Phi) is 6.21. The molecule has 0 aromatic carbocycles. The van der Waals surface area contributed by atoms with Gasteiger partial charge in [-0.05, 0) is 18.3 Å². The zero-order chi connectivity index (χ0) is 21.3. The van der Waals surface area contributed by atoms with Crippen molar-refractivity contribution < 1.29 is 4.79 Å². The first-order chi connectivity index (χ1) is 12.9. The van der Waals surface area contributed by atoms with Crippen LogP contribution in [-0.2, 0) is 23.3 Å². The van der Waals surface area contributed by atoms with Crippen LogP contribution < -0.4 is 16.6 Å². The SMILES string of the molecule is CCCn1c(=O)c2[nH]c(C(C)(C)CC(C)(C)C)nc2n(CCNC(C)=O)c1=O. The van der Waals surface area contributed by atoms with Crippen LogP contribution in [0.15, 0.2) is 9.59 Å². The minimum atomic E-state index is -0.392. The van der Waals surface area contributed by atoms with Gasteiger partial charge in [0, 0.05) is 32.0 Å². The summed E-state index contributed by atoms with van der Waals surface area (Å²) < 4.78 is 2.73. The van der Waals surface area contributed by atoms with E-state index in [1.54, 1.807) is 0 Å². The van der Waals surface area contributed by atoms with E-state index in [0.29, 0.717) is 36.5 Å². The number of hydrogen-bond acceptors (Lipinski definition) is 4. The molecule has 0 aliphatic carbocycles. The molecular formula is C20H33N5O3. The predicted molar refractivity (Wildman–Crippen MR) is 111 cm³/mol. The van der Waals surface area contributed by atoms with E-state index in [-0.39, 0.29) is 28.8 Å². The summed E-state index contributed by atoms with van der Waals surface area (Å²) in [5.74, 6) is 0.525. The molecule has 0 spiro atoms. The fraction of sp³-hybridized carbons (Fsp3) is 0.700. The fourth-order valence-corrected chi connectivity index (χ4v) is 3.86. The number of carbonyl (C=O) groups is 1. The predicted octanol–water partition coefficient (Wildman–Crippen LogP) is 2.15. The Morgan fingerprint density at radius 1 is 1.11 bits per heavy atom. The van der Waals surface area contributed by atoms with E-state index in [2.05, 4.69) is 49.9 Å². The second-order valence-electron chi connectivity index (χ2n) is 9.28. The average molecular weight is 392 g/mol. The minimum absolute atomic E-state index is 0.0793. The zero-order valence-electron chi connectivity index (χ0n) is 18.1. The van der Waals surface area contributed by atoms with Crippen LogP contribution in [0.5, 0.6) is 0 Å². The van der Waals surface area contributed by atoms with Crippen molar-refractivity contribution in [3.8, 4) is 0 Å². The molecule has 0 atom stereocenters. The van der Waals surface area contributed by atoms with E-state index >= 15 is 0 Å². The highest BCUT2D eigenvalue weighted by molar-refractivity contribution is 5.73. The summed E-state index contributed by atoms with van der Waals surface area (Å²) in [6, 6.07) is 0. The van der Waals surface area contributed by atoms with Gasteiger partial charge in [0.2, 0.25) is 5.91 Å². The number of fused-ring (bicyclic) bond motifs is 1. The summed E-state index contributed by atoms with van der Waals surface area (Å²) in [5.41, 5.74) is -0.259. The van der Waals surface area contributed by atoms with Crippen LogP contribution in [0.3, 0.4) is 0 Å². The maximum atomic E-state index is 12.9. The van der Waals surface area contributed by atoms with Crippen LogP contribution in [0.25, 0.3) is 11.2 Å². The number of aromatic nitrogens is 4. The summed E-state index contributed by atoms with van der Waals surface area (Å²) in [5, 5.41) is 2.70. The first-order valence-corrected chi connectivity index (χ1v) is 9.85. The third-order valence-electron chi connectivity index (χ3n) is 4.63. The summed E-state index contributed by atoms with van der Waals surface area (Å²) in [4.78, 5) is 44.9. The van der Waals surface area contributed by atoms with E-state index in [4.69, 9.17) is 0 Å². The van der Waals surface area contributed by atoms with Crippen LogP contribution in [-0.4, -0.2) is 31.6 Å². The molecule has 2 N–H and O–H groups in total. The highest BCUT2D eigenvalue weighted by atomic mass is 16.2. The Morgan fingerprint density at radius 3 is 2.29 bits per heavy atom. The lowest BCUT2D eigenvalue weighted by Gasteiger charge is -2.30. The molecule has 28 heavy (non-hydrogen) atoms. The Morgan fingerprint density at radius 2 is 1.75 bits per heavy atom. The van der Waals surface area contributed by atoms with Gasteiger partial charge in [0.15, 0.2) is 5.65 Å². The summed E-state index contributed by atoms with van der Waals surface area (Å²) in [7, 11) is 0. The maximum Gasteiger partial charge on any atom is 0.332 e. The standard InChI is InChI=1S/C20H33N5O3/c1-8-10-25-16(27)14-15(24(18(25)28)11-9-21-13(2)26)23-17(22-14)20(6,7)12-19(3,4)5/h8-12H2,1-7H3,(H,21,26)(H,22,23). The molecule has 1 amide bonds. The van der Waals surface area contributed by atoms with Crippen molar-refractivity contribution >= 4 is 17.1 Å². The molecule has 0 saturated heterocycles. The Hall–Kier alpha value is -2.38. The number of nitrogens with one attached hydrogen (secondary N) is 2. The van der Waals surface area contributed by atoms with Gasteiger partial charge in [0.1, 0.15) is 11.3 Å². The molecule has 0 fully saturated rings. The number of H-pyrrole nitrogens is 1.